The number of nitrogens with one attached hydrogen (secondary N) is 1. The Kier molecular flexibility index (Phi) is 3.13. The fourth-order valence-electron chi connectivity index (χ4n) is 1.19. The van der Waals surface area contributed by atoms with Crippen LogP contribution in [-0.4, -0.2) is 0 Å². The molecule has 80 valence electrons. The third-order valence-corrected chi connectivity index (χ3v) is 2.01. The third-order valence-electron chi connectivity index (χ3n) is 2.01. The minimum Gasteiger partial charge on any atom is -0.399 e. The minimum atomic E-state index is 0.718. The zero-order chi connectivity index (χ0) is 11.2. The molecule has 0 aromatic heterocycles. The monoisotopic (exact) mass is 212 g/mol. The number of hydrogen-bond donors (Lipinski definition) is 2. The first-order valence-corrected chi connectivity index (χ1v) is 4.92. The van der Waals surface area contributed by atoms with Gasteiger partial charge in [-0.05, 0) is 36.4 Å². The van der Waals surface area contributed by atoms with Crippen LogP contribution in [0.15, 0.2) is 64.9 Å². The molecule has 0 amide bonds. The van der Waals surface area contributed by atoms with Crippen molar-refractivity contribution in [2.75, 3.05) is 11.2 Å². The molecule has 0 radical (unpaired) electrons. The van der Waals surface area contributed by atoms with Gasteiger partial charge in [-0.25, -0.2) is 0 Å². The summed E-state index contributed by atoms with van der Waals surface area (Å²) in [7, 11) is 0. The predicted octanol–water partition coefficient (Wildman–Crippen LogP) is 3.38. The van der Waals surface area contributed by atoms with Crippen molar-refractivity contribution in [1.82, 2.24) is 0 Å². The summed E-state index contributed by atoms with van der Waals surface area (Å²) in [4.78, 5) is 0. The van der Waals surface area contributed by atoms with Crippen LogP contribution in [-0.2, 0) is 0 Å². The second-order valence-electron chi connectivity index (χ2n) is 3.27. The maximum atomic E-state index is 5.56. The van der Waals surface area contributed by atoms with Gasteiger partial charge in [0.05, 0.1) is 11.4 Å². The quantitative estimate of drug-likeness (QED) is 0.465. The molecule has 0 unspecified atom stereocenters. The number of rotatable bonds is 3. The summed E-state index contributed by atoms with van der Waals surface area (Å²) in [5, 5.41) is 7.88. The van der Waals surface area contributed by atoms with Gasteiger partial charge in [0, 0.05) is 5.69 Å². The van der Waals surface area contributed by atoms with E-state index in [2.05, 4.69) is 15.8 Å². The van der Waals surface area contributed by atoms with Crippen molar-refractivity contribution in [3.05, 3.63) is 54.6 Å². The molecular formula is C12H12N4. The van der Waals surface area contributed by atoms with Crippen LogP contribution in [0.5, 0.6) is 0 Å². The first kappa shape index (κ1) is 10.2. The largest absolute Gasteiger partial charge is 0.399 e. The molecular weight excluding hydrogens is 200 g/mol. The van der Waals surface area contributed by atoms with Crippen LogP contribution in [0.1, 0.15) is 0 Å². The molecule has 4 nitrogen and oxygen atoms in total. The van der Waals surface area contributed by atoms with Crippen molar-refractivity contribution < 1.29 is 0 Å². The second-order valence-corrected chi connectivity index (χ2v) is 3.27. The molecule has 2 aromatic carbocycles. The van der Waals surface area contributed by atoms with Crippen LogP contribution in [0.4, 0.5) is 17.1 Å². The van der Waals surface area contributed by atoms with Gasteiger partial charge in [-0.1, -0.05) is 23.4 Å². The second kappa shape index (κ2) is 4.93. The van der Waals surface area contributed by atoms with E-state index >= 15 is 0 Å². The van der Waals surface area contributed by atoms with Gasteiger partial charge in [0.25, 0.3) is 0 Å². The Hall–Kier alpha value is -2.36. The summed E-state index contributed by atoms with van der Waals surface area (Å²) in [5.74, 6) is 0. The van der Waals surface area contributed by atoms with Crippen molar-refractivity contribution in [1.29, 1.82) is 0 Å². The number of para-hydroxylation sites is 1. The molecule has 3 N–H and O–H groups in total. The highest BCUT2D eigenvalue weighted by atomic mass is 15.4. The van der Waals surface area contributed by atoms with Crippen LogP contribution in [0, 0.1) is 0 Å². The highest BCUT2D eigenvalue weighted by Crippen LogP contribution is 2.14. The fraction of sp³-hybridized carbons (Fsp3) is 0. The van der Waals surface area contributed by atoms with E-state index < -0.39 is 0 Å². The summed E-state index contributed by atoms with van der Waals surface area (Å²) in [6.07, 6.45) is 0. The van der Waals surface area contributed by atoms with Crippen molar-refractivity contribution in [3.8, 4) is 0 Å². The lowest BCUT2D eigenvalue weighted by Gasteiger charge is -1.97. The third kappa shape index (κ3) is 2.81. The van der Waals surface area contributed by atoms with Crippen molar-refractivity contribution in [2.45, 2.75) is 0 Å². The zero-order valence-electron chi connectivity index (χ0n) is 8.67. The number of nitrogens with zero attached hydrogens (tertiary/aromatic N) is 2. The highest BCUT2D eigenvalue weighted by Gasteiger charge is 1.89. The lowest BCUT2D eigenvalue weighted by molar-refractivity contribution is 1.13. The van der Waals surface area contributed by atoms with Gasteiger partial charge < -0.3 is 5.73 Å². The van der Waals surface area contributed by atoms with Gasteiger partial charge in [-0.3, -0.25) is 5.43 Å². The normalized spacial score (nSPS) is 10.5. The van der Waals surface area contributed by atoms with E-state index in [1.54, 1.807) is 12.1 Å². The average Bonchev–Trinajstić information content (AvgIpc) is 2.33. The molecule has 16 heavy (non-hydrogen) atoms. The van der Waals surface area contributed by atoms with Crippen LogP contribution >= 0.6 is 0 Å². The van der Waals surface area contributed by atoms with E-state index in [-0.39, 0.29) is 0 Å². The van der Waals surface area contributed by atoms with Crippen LogP contribution in [0.3, 0.4) is 0 Å². The van der Waals surface area contributed by atoms with Gasteiger partial charge in [0.2, 0.25) is 0 Å². The van der Waals surface area contributed by atoms with E-state index in [9.17, 15) is 0 Å². The number of nitrogens with two attached hydrogens (primary N) is 1. The first-order valence-electron chi connectivity index (χ1n) is 4.92. The van der Waals surface area contributed by atoms with Crippen LogP contribution < -0.4 is 11.2 Å². The number of anilines is 2. The van der Waals surface area contributed by atoms with Gasteiger partial charge in [0.15, 0.2) is 0 Å². The molecule has 0 bridgehead atoms. The number of hydrogen-bond acceptors (Lipinski definition) is 3. The van der Waals surface area contributed by atoms with Crippen molar-refractivity contribution >= 4 is 17.1 Å². The van der Waals surface area contributed by atoms with Crippen LogP contribution in [0.25, 0.3) is 0 Å². The molecule has 0 spiro atoms. The molecule has 2 aromatic rings. The van der Waals surface area contributed by atoms with Gasteiger partial charge in [-0.15, -0.1) is 5.11 Å². The molecule has 0 atom stereocenters. The standard InChI is InChI=1S/C12H12N4/c13-10-6-8-12(9-7-10)15-16-14-11-4-2-1-3-5-11/h1-9H,13H2,(H,14,15). The summed E-state index contributed by atoms with van der Waals surface area (Å²) >= 11 is 0. The summed E-state index contributed by atoms with van der Waals surface area (Å²) < 4.78 is 0. The lowest BCUT2D eigenvalue weighted by atomic mass is 10.3. The maximum Gasteiger partial charge on any atom is 0.0875 e. The minimum absolute atomic E-state index is 0.718. The molecule has 0 aliphatic carbocycles. The van der Waals surface area contributed by atoms with E-state index in [0.717, 1.165) is 17.1 Å². The van der Waals surface area contributed by atoms with Gasteiger partial charge in [0.1, 0.15) is 0 Å². The predicted molar refractivity (Wildman–Crippen MR) is 65.4 cm³/mol. The Bertz CT molecular complexity index is 462. The van der Waals surface area contributed by atoms with E-state index in [1.165, 1.54) is 0 Å². The first-order chi connectivity index (χ1) is 7.84. The van der Waals surface area contributed by atoms with Crippen molar-refractivity contribution in [3.63, 3.8) is 0 Å². The lowest BCUT2D eigenvalue weighted by Crippen LogP contribution is -1.85. The molecule has 0 fully saturated rings. The molecule has 0 saturated carbocycles. The molecule has 2 rings (SSSR count). The van der Waals surface area contributed by atoms with E-state index in [4.69, 9.17) is 5.73 Å². The Labute approximate surface area is 93.8 Å². The Balaban J connectivity index is 1.98. The Morgan fingerprint density at radius 3 is 2.25 bits per heavy atom. The smallest absolute Gasteiger partial charge is 0.0875 e. The SMILES string of the molecule is Nc1ccc(N=NNc2ccccc2)cc1. The summed E-state index contributed by atoms with van der Waals surface area (Å²) in [5.41, 5.74) is 10.8. The van der Waals surface area contributed by atoms with Gasteiger partial charge in [-0.2, -0.15) is 0 Å². The molecule has 0 aliphatic heterocycles. The fourth-order valence-corrected chi connectivity index (χ4v) is 1.19. The summed E-state index contributed by atoms with van der Waals surface area (Å²) in [6, 6.07) is 16.8. The van der Waals surface area contributed by atoms with Crippen molar-refractivity contribution in [2.24, 2.45) is 10.3 Å². The highest BCUT2D eigenvalue weighted by molar-refractivity contribution is 5.47. The van der Waals surface area contributed by atoms with Gasteiger partial charge >= 0.3 is 0 Å². The number of benzene rings is 2. The molecule has 4 heteroatoms. The summed E-state index contributed by atoms with van der Waals surface area (Å²) in [6.45, 7) is 0. The van der Waals surface area contributed by atoms with Crippen LogP contribution in [0.2, 0.25) is 0 Å². The zero-order valence-corrected chi connectivity index (χ0v) is 8.67. The average molecular weight is 212 g/mol. The molecule has 0 heterocycles. The Morgan fingerprint density at radius 2 is 1.56 bits per heavy atom. The molecule has 0 saturated heterocycles. The molecule has 0 aliphatic rings. The van der Waals surface area contributed by atoms with E-state index in [1.807, 2.05) is 42.5 Å². The number of nitrogen functional groups attached to an aromatic ring is 1. The maximum absolute atomic E-state index is 5.56. The topological polar surface area (TPSA) is 62.8 Å². The Morgan fingerprint density at radius 1 is 0.875 bits per heavy atom. The van der Waals surface area contributed by atoms with E-state index in [0.29, 0.717) is 0 Å².